The van der Waals surface area contributed by atoms with Gasteiger partial charge in [0.05, 0.1) is 18.8 Å². The molecule has 1 aliphatic heterocycles. The predicted molar refractivity (Wildman–Crippen MR) is 99.1 cm³/mol. The highest BCUT2D eigenvalue weighted by atomic mass is 35.5. The van der Waals surface area contributed by atoms with Crippen LogP contribution in [0.25, 0.3) is 0 Å². The van der Waals surface area contributed by atoms with Crippen LogP contribution < -0.4 is 4.90 Å². The average Bonchev–Trinajstić information content (AvgIpc) is 2.66. The molecule has 6 heteroatoms. The van der Waals surface area contributed by atoms with Gasteiger partial charge in [-0.2, -0.15) is 0 Å². The first-order valence-corrected chi connectivity index (χ1v) is 8.88. The SMILES string of the molecule is CCN(Cc1cccc(Cl)c1)C(=O)c1cccnc1N1CCOCC1. The first-order chi connectivity index (χ1) is 12.2. The number of hydrogen-bond donors (Lipinski definition) is 0. The number of carbonyl (C=O) groups is 1. The molecule has 0 spiro atoms. The molecule has 1 aromatic carbocycles. The van der Waals surface area contributed by atoms with Gasteiger partial charge >= 0.3 is 0 Å². The van der Waals surface area contributed by atoms with E-state index in [1.165, 1.54) is 0 Å². The number of nitrogens with zero attached hydrogens (tertiary/aromatic N) is 3. The van der Waals surface area contributed by atoms with Gasteiger partial charge in [0, 0.05) is 37.4 Å². The number of pyridine rings is 1. The van der Waals surface area contributed by atoms with E-state index in [1.807, 2.05) is 48.2 Å². The van der Waals surface area contributed by atoms with Gasteiger partial charge < -0.3 is 14.5 Å². The Kier molecular flexibility index (Phi) is 5.89. The molecule has 0 atom stereocenters. The average molecular weight is 360 g/mol. The van der Waals surface area contributed by atoms with E-state index in [0.717, 1.165) is 24.5 Å². The van der Waals surface area contributed by atoms with Crippen LogP contribution in [0.15, 0.2) is 42.6 Å². The van der Waals surface area contributed by atoms with Gasteiger partial charge in [-0.25, -0.2) is 4.98 Å². The van der Waals surface area contributed by atoms with Gasteiger partial charge in [-0.05, 0) is 36.8 Å². The molecular formula is C19H22ClN3O2. The third-order valence-corrected chi connectivity index (χ3v) is 4.49. The quantitative estimate of drug-likeness (QED) is 0.822. The fraction of sp³-hybridized carbons (Fsp3) is 0.368. The van der Waals surface area contributed by atoms with Crippen molar-refractivity contribution >= 4 is 23.3 Å². The van der Waals surface area contributed by atoms with Gasteiger partial charge in [0.1, 0.15) is 5.82 Å². The molecule has 0 unspecified atom stereocenters. The second kappa shape index (κ2) is 8.32. The van der Waals surface area contributed by atoms with Crippen molar-refractivity contribution in [1.82, 2.24) is 9.88 Å². The molecular weight excluding hydrogens is 338 g/mol. The number of ether oxygens (including phenoxy) is 1. The maximum absolute atomic E-state index is 13.1. The second-order valence-corrected chi connectivity index (χ2v) is 6.36. The van der Waals surface area contributed by atoms with Crippen molar-refractivity contribution in [3.8, 4) is 0 Å². The molecule has 25 heavy (non-hydrogen) atoms. The molecule has 132 valence electrons. The Morgan fingerprint density at radius 2 is 2.08 bits per heavy atom. The molecule has 2 heterocycles. The number of aromatic nitrogens is 1. The van der Waals surface area contributed by atoms with Gasteiger partial charge in [-0.3, -0.25) is 4.79 Å². The molecule has 0 bridgehead atoms. The number of amides is 1. The Hall–Kier alpha value is -2.11. The van der Waals surface area contributed by atoms with E-state index in [0.29, 0.717) is 36.9 Å². The number of rotatable bonds is 5. The van der Waals surface area contributed by atoms with Crippen LogP contribution in [0, 0.1) is 0 Å². The molecule has 1 aliphatic rings. The zero-order chi connectivity index (χ0) is 17.6. The lowest BCUT2D eigenvalue weighted by molar-refractivity contribution is 0.0751. The van der Waals surface area contributed by atoms with Crippen LogP contribution >= 0.6 is 11.6 Å². The molecule has 1 fully saturated rings. The third-order valence-electron chi connectivity index (χ3n) is 4.26. The highest BCUT2D eigenvalue weighted by Crippen LogP contribution is 2.21. The van der Waals surface area contributed by atoms with E-state index in [2.05, 4.69) is 9.88 Å². The van der Waals surface area contributed by atoms with Crippen LogP contribution in [0.5, 0.6) is 0 Å². The van der Waals surface area contributed by atoms with Crippen LogP contribution in [0.2, 0.25) is 5.02 Å². The van der Waals surface area contributed by atoms with Crippen molar-refractivity contribution in [2.24, 2.45) is 0 Å². The smallest absolute Gasteiger partial charge is 0.257 e. The van der Waals surface area contributed by atoms with E-state index in [4.69, 9.17) is 16.3 Å². The summed E-state index contributed by atoms with van der Waals surface area (Å²) in [4.78, 5) is 21.5. The van der Waals surface area contributed by atoms with Crippen molar-refractivity contribution in [3.05, 3.63) is 58.7 Å². The number of anilines is 1. The molecule has 0 saturated carbocycles. The van der Waals surface area contributed by atoms with E-state index in [-0.39, 0.29) is 5.91 Å². The normalized spacial score (nSPS) is 14.4. The van der Waals surface area contributed by atoms with Crippen molar-refractivity contribution in [1.29, 1.82) is 0 Å². The van der Waals surface area contributed by atoms with Crippen LogP contribution in [-0.4, -0.2) is 48.6 Å². The van der Waals surface area contributed by atoms with Gasteiger partial charge in [-0.15, -0.1) is 0 Å². The van der Waals surface area contributed by atoms with E-state index < -0.39 is 0 Å². The predicted octanol–water partition coefficient (Wildman–Crippen LogP) is 3.23. The molecule has 1 amide bonds. The zero-order valence-electron chi connectivity index (χ0n) is 14.3. The Bertz CT molecular complexity index is 732. The zero-order valence-corrected chi connectivity index (χ0v) is 15.1. The topological polar surface area (TPSA) is 45.7 Å². The standard InChI is InChI=1S/C19H22ClN3O2/c1-2-22(14-15-5-3-6-16(20)13-15)19(24)17-7-4-8-21-18(17)23-9-11-25-12-10-23/h3-8,13H,2,9-12,14H2,1H3. The Morgan fingerprint density at radius 1 is 1.28 bits per heavy atom. The number of hydrogen-bond acceptors (Lipinski definition) is 4. The molecule has 1 saturated heterocycles. The summed E-state index contributed by atoms with van der Waals surface area (Å²) in [7, 11) is 0. The summed E-state index contributed by atoms with van der Waals surface area (Å²) in [6.07, 6.45) is 1.73. The minimum Gasteiger partial charge on any atom is -0.378 e. The molecule has 1 aromatic heterocycles. The number of morpholine rings is 1. The summed E-state index contributed by atoms with van der Waals surface area (Å²) in [5.74, 6) is 0.720. The van der Waals surface area contributed by atoms with Gasteiger partial charge in [0.2, 0.25) is 0 Å². The van der Waals surface area contributed by atoms with Crippen LogP contribution in [0.3, 0.4) is 0 Å². The summed E-state index contributed by atoms with van der Waals surface area (Å²) in [5, 5.41) is 0.677. The summed E-state index contributed by atoms with van der Waals surface area (Å²) >= 11 is 6.06. The molecule has 2 aromatic rings. The van der Waals surface area contributed by atoms with Crippen LogP contribution in [-0.2, 0) is 11.3 Å². The summed E-state index contributed by atoms with van der Waals surface area (Å²) < 4.78 is 5.40. The van der Waals surface area contributed by atoms with Crippen LogP contribution in [0.4, 0.5) is 5.82 Å². The van der Waals surface area contributed by atoms with E-state index in [1.54, 1.807) is 6.20 Å². The molecule has 0 radical (unpaired) electrons. The lowest BCUT2D eigenvalue weighted by atomic mass is 10.1. The summed E-state index contributed by atoms with van der Waals surface area (Å²) in [6, 6.07) is 11.3. The van der Waals surface area contributed by atoms with Gasteiger partial charge in [-0.1, -0.05) is 23.7 Å². The maximum atomic E-state index is 13.1. The summed E-state index contributed by atoms with van der Waals surface area (Å²) in [5.41, 5.74) is 1.65. The fourth-order valence-electron chi connectivity index (χ4n) is 2.94. The van der Waals surface area contributed by atoms with Crippen molar-refractivity contribution in [2.45, 2.75) is 13.5 Å². The molecule has 3 rings (SSSR count). The largest absolute Gasteiger partial charge is 0.378 e. The number of halogens is 1. The Morgan fingerprint density at radius 3 is 2.80 bits per heavy atom. The number of benzene rings is 1. The number of carbonyl (C=O) groups excluding carboxylic acids is 1. The lowest BCUT2D eigenvalue weighted by Crippen LogP contribution is -2.39. The monoisotopic (exact) mass is 359 g/mol. The highest BCUT2D eigenvalue weighted by molar-refractivity contribution is 6.30. The fourth-order valence-corrected chi connectivity index (χ4v) is 3.16. The first kappa shape index (κ1) is 17.7. The third kappa shape index (κ3) is 4.30. The lowest BCUT2D eigenvalue weighted by Gasteiger charge is -2.30. The highest BCUT2D eigenvalue weighted by Gasteiger charge is 2.23. The minimum atomic E-state index is -0.0166. The Labute approximate surface area is 153 Å². The van der Waals surface area contributed by atoms with Crippen molar-refractivity contribution in [3.63, 3.8) is 0 Å². The summed E-state index contributed by atoms with van der Waals surface area (Å²) in [6.45, 7) is 5.92. The van der Waals surface area contributed by atoms with Crippen LogP contribution in [0.1, 0.15) is 22.8 Å². The molecule has 0 aliphatic carbocycles. The van der Waals surface area contributed by atoms with Gasteiger partial charge in [0.25, 0.3) is 5.91 Å². The maximum Gasteiger partial charge on any atom is 0.257 e. The van der Waals surface area contributed by atoms with Crippen molar-refractivity contribution < 1.29 is 9.53 Å². The Balaban J connectivity index is 1.83. The second-order valence-electron chi connectivity index (χ2n) is 5.92. The van der Waals surface area contributed by atoms with E-state index >= 15 is 0 Å². The van der Waals surface area contributed by atoms with Crippen molar-refractivity contribution in [2.75, 3.05) is 37.7 Å². The molecule has 0 N–H and O–H groups in total. The minimum absolute atomic E-state index is 0.0166. The van der Waals surface area contributed by atoms with E-state index in [9.17, 15) is 4.79 Å². The van der Waals surface area contributed by atoms with Gasteiger partial charge in [0.15, 0.2) is 0 Å². The first-order valence-electron chi connectivity index (χ1n) is 8.50. The molecule has 5 nitrogen and oxygen atoms in total.